The predicted octanol–water partition coefficient (Wildman–Crippen LogP) is 2.58. The molecule has 0 radical (unpaired) electrons. The molecular formula is C24H22ClN2O-. The molecule has 4 aromatic rings. The van der Waals surface area contributed by atoms with Gasteiger partial charge in [0.1, 0.15) is 11.6 Å². The minimum Gasteiger partial charge on any atom is -1.00 e. The molecule has 3 aromatic carbocycles. The summed E-state index contributed by atoms with van der Waals surface area (Å²) in [5, 5.41) is 0. The lowest BCUT2D eigenvalue weighted by molar-refractivity contribution is -0.00000574. The molecule has 142 valence electrons. The Labute approximate surface area is 171 Å². The van der Waals surface area contributed by atoms with E-state index < -0.39 is 0 Å². The summed E-state index contributed by atoms with van der Waals surface area (Å²) in [5.41, 5.74) is 5.82. The fourth-order valence-electron chi connectivity index (χ4n) is 3.27. The van der Waals surface area contributed by atoms with Gasteiger partial charge in [-0.15, -0.1) is 0 Å². The largest absolute Gasteiger partial charge is 1.00 e. The van der Waals surface area contributed by atoms with E-state index in [9.17, 15) is 0 Å². The third-order valence-corrected chi connectivity index (χ3v) is 4.65. The number of benzene rings is 3. The molecule has 0 atom stereocenters. The Bertz CT molecular complexity index is 1100. The molecule has 0 aliphatic carbocycles. The van der Waals surface area contributed by atoms with Crippen LogP contribution < -0.4 is 17.1 Å². The number of imidazole rings is 1. The van der Waals surface area contributed by atoms with Gasteiger partial charge >= 0.3 is 0 Å². The maximum Gasteiger partial charge on any atom is 0.134 e. The number of fused-ring (bicyclic) bond motifs is 1. The first-order valence-corrected chi connectivity index (χ1v) is 9.06. The van der Waals surface area contributed by atoms with Crippen molar-refractivity contribution in [3.05, 3.63) is 95.3 Å². The molecule has 4 heteroatoms. The van der Waals surface area contributed by atoms with Gasteiger partial charge in [0.15, 0.2) is 0 Å². The molecule has 0 N–H and O–H groups in total. The lowest BCUT2D eigenvalue weighted by atomic mass is 10.1. The number of para-hydroxylation sites is 2. The van der Waals surface area contributed by atoms with E-state index in [-0.39, 0.29) is 12.4 Å². The summed E-state index contributed by atoms with van der Waals surface area (Å²) in [4.78, 5) is 4.83. The summed E-state index contributed by atoms with van der Waals surface area (Å²) in [6.07, 6.45) is 4.17. The molecule has 0 aliphatic heterocycles. The van der Waals surface area contributed by atoms with E-state index in [0.717, 1.165) is 34.7 Å². The van der Waals surface area contributed by atoms with Crippen LogP contribution in [-0.4, -0.2) is 16.7 Å². The van der Waals surface area contributed by atoms with Crippen molar-refractivity contribution in [3.63, 3.8) is 0 Å². The Hall–Kier alpha value is -3.04. The average Bonchev–Trinajstić information content (AvgIpc) is 3.04. The highest BCUT2D eigenvalue weighted by Gasteiger charge is 2.09. The molecule has 0 amide bonds. The summed E-state index contributed by atoms with van der Waals surface area (Å²) in [6, 6.07) is 24.9. The minimum atomic E-state index is 0. The highest BCUT2D eigenvalue weighted by atomic mass is 35.5. The van der Waals surface area contributed by atoms with E-state index in [0.29, 0.717) is 0 Å². The molecule has 0 bridgehead atoms. The van der Waals surface area contributed by atoms with Crippen molar-refractivity contribution < 1.29 is 17.1 Å². The number of halogens is 1. The van der Waals surface area contributed by atoms with Gasteiger partial charge < -0.3 is 21.7 Å². The van der Waals surface area contributed by atoms with Crippen LogP contribution in [-0.2, 0) is 6.54 Å². The van der Waals surface area contributed by atoms with Gasteiger partial charge in [-0.05, 0) is 48.4 Å². The highest BCUT2D eigenvalue weighted by Crippen LogP contribution is 2.21. The second-order valence-corrected chi connectivity index (χ2v) is 6.64. The first-order valence-electron chi connectivity index (χ1n) is 9.06. The van der Waals surface area contributed by atoms with Crippen molar-refractivity contribution in [1.82, 2.24) is 9.55 Å². The van der Waals surface area contributed by atoms with E-state index in [4.69, 9.17) is 9.72 Å². The monoisotopic (exact) mass is 389 g/mol. The van der Waals surface area contributed by atoms with E-state index in [1.165, 1.54) is 11.1 Å². The summed E-state index contributed by atoms with van der Waals surface area (Å²) < 4.78 is 7.49. The van der Waals surface area contributed by atoms with Gasteiger partial charge in [-0.2, -0.15) is 0 Å². The van der Waals surface area contributed by atoms with Crippen molar-refractivity contribution in [2.45, 2.75) is 13.5 Å². The van der Waals surface area contributed by atoms with Crippen LogP contribution >= 0.6 is 0 Å². The van der Waals surface area contributed by atoms with Crippen LogP contribution in [0.1, 0.15) is 22.5 Å². The molecule has 3 nitrogen and oxygen atoms in total. The van der Waals surface area contributed by atoms with Crippen LogP contribution in [0.2, 0.25) is 0 Å². The fourth-order valence-corrected chi connectivity index (χ4v) is 3.27. The van der Waals surface area contributed by atoms with Gasteiger partial charge in [0, 0.05) is 6.54 Å². The third kappa shape index (κ3) is 4.26. The summed E-state index contributed by atoms with van der Waals surface area (Å²) in [7, 11) is 1.68. The number of hydrogen-bond donors (Lipinski definition) is 0. The normalized spacial score (nSPS) is 10.9. The molecule has 0 saturated heterocycles. The number of ether oxygens (including phenoxy) is 1. The van der Waals surface area contributed by atoms with Gasteiger partial charge in [0.05, 0.1) is 18.1 Å². The number of aromatic nitrogens is 2. The van der Waals surface area contributed by atoms with Crippen LogP contribution in [0.25, 0.3) is 23.2 Å². The Balaban J connectivity index is 0.00000225. The van der Waals surface area contributed by atoms with Crippen LogP contribution in [0.15, 0.2) is 72.8 Å². The molecule has 0 saturated carbocycles. The zero-order valence-electron chi connectivity index (χ0n) is 16.0. The number of aryl methyl sites for hydroxylation is 1. The van der Waals surface area contributed by atoms with Crippen molar-refractivity contribution in [1.29, 1.82) is 0 Å². The number of nitrogens with zero attached hydrogens (tertiary/aromatic N) is 2. The molecule has 1 aromatic heterocycles. The molecule has 0 aliphatic rings. The zero-order valence-corrected chi connectivity index (χ0v) is 16.7. The van der Waals surface area contributed by atoms with E-state index in [1.807, 2.05) is 30.3 Å². The van der Waals surface area contributed by atoms with Crippen molar-refractivity contribution in [2.24, 2.45) is 0 Å². The molecular weight excluding hydrogens is 368 g/mol. The third-order valence-electron chi connectivity index (χ3n) is 4.65. The summed E-state index contributed by atoms with van der Waals surface area (Å²) in [6.45, 7) is 2.92. The molecule has 1 heterocycles. The number of hydrogen-bond acceptors (Lipinski definition) is 2. The van der Waals surface area contributed by atoms with Crippen molar-refractivity contribution in [3.8, 4) is 5.75 Å². The second kappa shape index (κ2) is 8.77. The lowest BCUT2D eigenvalue weighted by Crippen LogP contribution is -3.00. The lowest BCUT2D eigenvalue weighted by Gasteiger charge is -2.08. The van der Waals surface area contributed by atoms with Crippen LogP contribution in [0.3, 0.4) is 0 Å². The van der Waals surface area contributed by atoms with Crippen LogP contribution in [0.5, 0.6) is 5.75 Å². The van der Waals surface area contributed by atoms with E-state index >= 15 is 0 Å². The van der Waals surface area contributed by atoms with Gasteiger partial charge in [-0.25, -0.2) is 4.98 Å². The zero-order chi connectivity index (χ0) is 18.6. The number of methoxy groups -OCH3 is 1. The maximum absolute atomic E-state index is 5.23. The van der Waals surface area contributed by atoms with E-state index in [2.05, 4.69) is 66.1 Å². The Kier molecular flexibility index (Phi) is 6.17. The molecule has 4 rings (SSSR count). The topological polar surface area (TPSA) is 27.1 Å². The van der Waals surface area contributed by atoms with Gasteiger partial charge in [-0.1, -0.05) is 60.2 Å². The van der Waals surface area contributed by atoms with Gasteiger partial charge in [0.25, 0.3) is 0 Å². The number of rotatable bonds is 5. The minimum absolute atomic E-state index is 0. The van der Waals surface area contributed by atoms with Gasteiger partial charge in [-0.3, -0.25) is 0 Å². The first-order chi connectivity index (χ1) is 13.2. The summed E-state index contributed by atoms with van der Waals surface area (Å²) >= 11 is 0. The smallest absolute Gasteiger partial charge is 0.134 e. The van der Waals surface area contributed by atoms with E-state index in [1.54, 1.807) is 7.11 Å². The summed E-state index contributed by atoms with van der Waals surface area (Å²) in [5.74, 6) is 1.81. The highest BCUT2D eigenvalue weighted by molar-refractivity contribution is 5.80. The maximum atomic E-state index is 5.23. The first kappa shape index (κ1) is 19.7. The Morgan fingerprint density at radius 2 is 1.71 bits per heavy atom. The SMILES string of the molecule is COc1ccc(/C=C/c2nc3ccccc3n2Cc2cccc(C)c2)cc1.[Cl-]. The standard InChI is InChI=1S/C24H22N2O.ClH/c1-18-6-5-7-20(16-18)17-26-23-9-4-3-8-22(23)25-24(26)15-12-19-10-13-21(27-2)14-11-19;/h3-16H,17H2,1-2H3;1H/p-1/b15-12+;. The molecule has 28 heavy (non-hydrogen) atoms. The molecule has 0 fully saturated rings. The van der Waals surface area contributed by atoms with Crippen molar-refractivity contribution >= 4 is 23.2 Å². The quantitative estimate of drug-likeness (QED) is 0.524. The second-order valence-electron chi connectivity index (χ2n) is 6.64. The Morgan fingerprint density at radius 1 is 0.929 bits per heavy atom. The molecule has 0 spiro atoms. The van der Waals surface area contributed by atoms with Crippen LogP contribution in [0.4, 0.5) is 0 Å². The Morgan fingerprint density at radius 3 is 2.46 bits per heavy atom. The predicted molar refractivity (Wildman–Crippen MR) is 112 cm³/mol. The fraction of sp³-hybridized carbons (Fsp3) is 0.125. The van der Waals surface area contributed by atoms with Gasteiger partial charge in [0.2, 0.25) is 0 Å². The molecule has 0 unspecified atom stereocenters. The van der Waals surface area contributed by atoms with Crippen LogP contribution in [0, 0.1) is 6.92 Å². The average molecular weight is 390 g/mol. The van der Waals surface area contributed by atoms with Crippen molar-refractivity contribution in [2.75, 3.05) is 7.11 Å².